The second-order valence-electron chi connectivity index (χ2n) is 10.8. The molecule has 2 aromatic carbocycles. The van der Waals surface area contributed by atoms with E-state index in [4.69, 9.17) is 21.1 Å². The summed E-state index contributed by atoms with van der Waals surface area (Å²) in [6, 6.07) is 16.3. The summed E-state index contributed by atoms with van der Waals surface area (Å²) < 4.78 is 12.4. The number of carbonyl (C=O) groups excluding carboxylic acids is 1. The van der Waals surface area contributed by atoms with Crippen molar-refractivity contribution in [3.05, 3.63) is 64.7 Å². The van der Waals surface area contributed by atoms with Crippen LogP contribution in [0.5, 0.6) is 5.75 Å². The smallest absolute Gasteiger partial charge is 0.260 e. The molecule has 0 radical (unpaired) electrons. The van der Waals surface area contributed by atoms with Crippen LogP contribution in [0.4, 0.5) is 0 Å². The third-order valence-corrected chi connectivity index (χ3v) is 7.64. The first kappa shape index (κ1) is 25.1. The van der Waals surface area contributed by atoms with Gasteiger partial charge in [0.05, 0.1) is 12.7 Å². The average molecular weight is 484 g/mol. The minimum absolute atomic E-state index is 0.0200. The summed E-state index contributed by atoms with van der Waals surface area (Å²) in [6.07, 6.45) is 2.27. The summed E-state index contributed by atoms with van der Waals surface area (Å²) in [7, 11) is 0. The molecule has 0 aromatic heterocycles. The lowest BCUT2D eigenvalue weighted by Gasteiger charge is -2.39. The van der Waals surface area contributed by atoms with Crippen LogP contribution in [0, 0.1) is 23.7 Å². The molecule has 184 valence electrons. The first-order valence-corrected chi connectivity index (χ1v) is 13.1. The van der Waals surface area contributed by atoms with Crippen molar-refractivity contribution in [2.45, 2.75) is 52.6 Å². The van der Waals surface area contributed by atoms with Crippen molar-refractivity contribution >= 4 is 17.5 Å². The van der Waals surface area contributed by atoms with Gasteiger partial charge in [0.2, 0.25) is 0 Å². The summed E-state index contributed by atoms with van der Waals surface area (Å²) >= 11 is 6.08. The molecule has 5 heteroatoms. The standard InChI is InChI=1S/C29H38ClNO3/c1-19(2)27-14-24(22-8-10-25(30)11-9-22)17-34-29(27)23-6-5-7-26(13-23)33-18-28(32)31-15-20(3)12-21(4)16-31/h5-11,13,19-21,24,27,29H,12,14-18H2,1-4H3/t20-,21+,24-,27-,29-/m0/s1. The number of benzene rings is 2. The fourth-order valence-corrected chi connectivity index (χ4v) is 5.81. The number of nitrogens with zero attached hydrogens (tertiary/aromatic N) is 1. The Hall–Kier alpha value is -2.04. The third kappa shape index (κ3) is 6.14. The van der Waals surface area contributed by atoms with Crippen molar-refractivity contribution in [1.29, 1.82) is 0 Å². The first-order chi connectivity index (χ1) is 16.3. The van der Waals surface area contributed by atoms with Crippen molar-refractivity contribution in [2.24, 2.45) is 23.7 Å². The number of amides is 1. The van der Waals surface area contributed by atoms with E-state index in [1.165, 1.54) is 12.0 Å². The number of ether oxygens (including phenoxy) is 2. The molecule has 0 bridgehead atoms. The number of hydrogen-bond acceptors (Lipinski definition) is 3. The third-order valence-electron chi connectivity index (χ3n) is 7.39. The highest BCUT2D eigenvalue weighted by Crippen LogP contribution is 2.44. The monoisotopic (exact) mass is 483 g/mol. The molecule has 2 heterocycles. The summed E-state index contributed by atoms with van der Waals surface area (Å²) in [4.78, 5) is 14.7. The summed E-state index contributed by atoms with van der Waals surface area (Å²) in [6.45, 7) is 11.4. The zero-order valence-electron chi connectivity index (χ0n) is 20.9. The Balaban J connectivity index is 1.41. The molecule has 2 aromatic rings. The lowest BCUT2D eigenvalue weighted by molar-refractivity contribution is -0.136. The van der Waals surface area contributed by atoms with Gasteiger partial charge < -0.3 is 14.4 Å². The number of likely N-dealkylation sites (tertiary alicyclic amines) is 1. The van der Waals surface area contributed by atoms with Gasteiger partial charge in [0.15, 0.2) is 6.61 Å². The Kier molecular flexibility index (Phi) is 8.21. The van der Waals surface area contributed by atoms with E-state index in [2.05, 4.69) is 52.0 Å². The maximum atomic E-state index is 12.8. The number of carbonyl (C=O) groups is 1. The zero-order valence-corrected chi connectivity index (χ0v) is 21.6. The van der Waals surface area contributed by atoms with Gasteiger partial charge in [0.1, 0.15) is 5.75 Å². The second-order valence-corrected chi connectivity index (χ2v) is 11.2. The molecule has 4 nitrogen and oxygen atoms in total. The van der Waals surface area contributed by atoms with Gasteiger partial charge in [-0.15, -0.1) is 0 Å². The van der Waals surface area contributed by atoms with E-state index in [-0.39, 0.29) is 18.6 Å². The maximum absolute atomic E-state index is 12.8. The summed E-state index contributed by atoms with van der Waals surface area (Å²) in [5, 5.41) is 0.762. The lowest BCUT2D eigenvalue weighted by Crippen LogP contribution is -2.44. The average Bonchev–Trinajstić information content (AvgIpc) is 2.82. The van der Waals surface area contributed by atoms with Crippen molar-refractivity contribution in [1.82, 2.24) is 4.90 Å². The molecule has 2 aliphatic heterocycles. The Labute approximate surface area is 209 Å². The largest absolute Gasteiger partial charge is 0.484 e. The van der Waals surface area contributed by atoms with Gasteiger partial charge in [-0.3, -0.25) is 4.79 Å². The van der Waals surface area contributed by atoms with Crippen LogP contribution in [0.2, 0.25) is 5.02 Å². The van der Waals surface area contributed by atoms with E-state index in [1.54, 1.807) is 0 Å². The Morgan fingerprint density at radius 1 is 1.06 bits per heavy atom. The van der Waals surface area contributed by atoms with Crippen LogP contribution in [0.15, 0.2) is 48.5 Å². The van der Waals surface area contributed by atoms with Crippen LogP contribution in [0.1, 0.15) is 63.7 Å². The number of hydrogen-bond donors (Lipinski definition) is 0. The highest BCUT2D eigenvalue weighted by atomic mass is 35.5. The van der Waals surface area contributed by atoms with E-state index < -0.39 is 0 Å². The minimum atomic E-state index is 0.0200. The first-order valence-electron chi connectivity index (χ1n) is 12.7. The van der Waals surface area contributed by atoms with Crippen LogP contribution in [0.25, 0.3) is 0 Å². The van der Waals surface area contributed by atoms with Gasteiger partial charge in [0.25, 0.3) is 5.91 Å². The van der Waals surface area contributed by atoms with Crippen LogP contribution in [-0.4, -0.2) is 37.1 Å². The van der Waals surface area contributed by atoms with Gasteiger partial charge in [-0.05, 0) is 71.9 Å². The second kappa shape index (κ2) is 11.1. The molecule has 0 N–H and O–H groups in total. The molecule has 0 saturated carbocycles. The molecular weight excluding hydrogens is 446 g/mol. The zero-order chi connectivity index (χ0) is 24.2. The fourth-order valence-electron chi connectivity index (χ4n) is 5.68. The van der Waals surface area contributed by atoms with Crippen LogP contribution in [-0.2, 0) is 9.53 Å². The highest BCUT2D eigenvalue weighted by molar-refractivity contribution is 6.30. The molecule has 1 amide bonds. The van der Waals surface area contributed by atoms with E-state index in [9.17, 15) is 4.79 Å². The van der Waals surface area contributed by atoms with Crippen LogP contribution >= 0.6 is 11.6 Å². The van der Waals surface area contributed by atoms with Gasteiger partial charge in [-0.25, -0.2) is 0 Å². The van der Waals surface area contributed by atoms with Crippen molar-refractivity contribution in [3.8, 4) is 5.75 Å². The predicted molar refractivity (Wildman–Crippen MR) is 137 cm³/mol. The molecule has 2 fully saturated rings. The molecule has 0 spiro atoms. The molecule has 4 rings (SSSR count). The van der Waals surface area contributed by atoms with Crippen molar-refractivity contribution < 1.29 is 14.3 Å². The fraction of sp³-hybridized carbons (Fsp3) is 0.552. The van der Waals surface area contributed by atoms with Gasteiger partial charge in [0, 0.05) is 24.0 Å². The van der Waals surface area contributed by atoms with Crippen LogP contribution in [0.3, 0.4) is 0 Å². The van der Waals surface area contributed by atoms with Gasteiger partial charge in [-0.2, -0.15) is 0 Å². The molecule has 5 atom stereocenters. The number of rotatable bonds is 6. The maximum Gasteiger partial charge on any atom is 0.260 e. The molecule has 34 heavy (non-hydrogen) atoms. The molecular formula is C29H38ClNO3. The van der Waals surface area contributed by atoms with Crippen molar-refractivity contribution in [2.75, 3.05) is 26.3 Å². The predicted octanol–water partition coefficient (Wildman–Crippen LogP) is 6.74. The topological polar surface area (TPSA) is 38.8 Å². The Morgan fingerprint density at radius 2 is 1.76 bits per heavy atom. The molecule has 2 saturated heterocycles. The Morgan fingerprint density at radius 3 is 2.44 bits per heavy atom. The van der Waals surface area contributed by atoms with Crippen LogP contribution < -0.4 is 4.74 Å². The number of halogens is 1. The minimum Gasteiger partial charge on any atom is -0.484 e. The van der Waals surface area contributed by atoms with Crippen molar-refractivity contribution in [3.63, 3.8) is 0 Å². The normalized spacial score (nSPS) is 27.6. The van der Waals surface area contributed by atoms with E-state index in [0.29, 0.717) is 36.2 Å². The molecule has 0 aliphatic carbocycles. The van der Waals surface area contributed by atoms with E-state index >= 15 is 0 Å². The summed E-state index contributed by atoms with van der Waals surface area (Å²) in [5.41, 5.74) is 2.41. The van der Waals surface area contributed by atoms with E-state index in [0.717, 1.165) is 35.8 Å². The highest BCUT2D eigenvalue weighted by Gasteiger charge is 2.35. The molecule has 0 unspecified atom stereocenters. The number of piperidine rings is 1. The van der Waals surface area contributed by atoms with Gasteiger partial charge in [-0.1, -0.05) is 63.6 Å². The summed E-state index contributed by atoms with van der Waals surface area (Å²) in [5.74, 6) is 3.14. The Bertz CT molecular complexity index is 950. The lowest BCUT2D eigenvalue weighted by atomic mass is 9.76. The molecule has 2 aliphatic rings. The SMILES string of the molecule is CC(C)[C@@H]1C[C@H](c2ccc(Cl)cc2)CO[C@H]1c1cccc(OCC(=O)N2C[C@H](C)C[C@H](C)C2)c1. The quantitative estimate of drug-likeness (QED) is 0.456. The van der Waals surface area contributed by atoms with Gasteiger partial charge >= 0.3 is 0 Å². The van der Waals surface area contributed by atoms with E-state index in [1.807, 2.05) is 29.2 Å².